The number of hydrogen-bond acceptors (Lipinski definition) is 5. The number of nitrogens with zero attached hydrogens (tertiary/aromatic N) is 5. The first-order chi connectivity index (χ1) is 11.1. The van der Waals surface area contributed by atoms with Gasteiger partial charge in [-0.25, -0.2) is 4.68 Å². The van der Waals surface area contributed by atoms with Crippen molar-refractivity contribution in [2.45, 2.75) is 24.6 Å². The van der Waals surface area contributed by atoms with Gasteiger partial charge in [-0.05, 0) is 30.7 Å². The summed E-state index contributed by atoms with van der Waals surface area (Å²) in [5.74, 6) is -0.179. The number of aliphatic hydroxyl groups excluding tert-OH is 1. The van der Waals surface area contributed by atoms with Crippen LogP contribution in [0.1, 0.15) is 22.8 Å². The van der Waals surface area contributed by atoms with Gasteiger partial charge in [-0.15, -0.1) is 5.10 Å². The fraction of sp³-hybridized carbons (Fsp3) is 0.333. The molecular formula is C15H16N6O2. The minimum absolute atomic E-state index is 0.141. The molecule has 0 saturated heterocycles. The highest BCUT2D eigenvalue weighted by Crippen LogP contribution is 2.32. The smallest absolute Gasteiger partial charge is 0.251 e. The lowest BCUT2D eigenvalue weighted by molar-refractivity contribution is -0.00588. The standard InChI is InChI=1S/C15H16N6O2/c1-20-12-7-9(3-4-10(12)18-19-20)15(23)17-11-8-13(22)14(11)21-6-2-5-16-21/h2-7,11,13-14,22H,8H2,1H3,(H,17,23)/t11-,13+,14+/m0/s1. The number of fused-ring (bicyclic) bond motifs is 1. The van der Waals surface area contributed by atoms with E-state index in [1.165, 1.54) is 0 Å². The van der Waals surface area contributed by atoms with Crippen LogP contribution >= 0.6 is 0 Å². The number of aliphatic hydroxyl groups is 1. The van der Waals surface area contributed by atoms with Crippen molar-refractivity contribution in [1.29, 1.82) is 0 Å². The highest BCUT2D eigenvalue weighted by Gasteiger charge is 2.42. The van der Waals surface area contributed by atoms with Gasteiger partial charge in [0.05, 0.1) is 23.7 Å². The monoisotopic (exact) mass is 312 g/mol. The third-order valence-corrected chi connectivity index (χ3v) is 4.32. The third-order valence-electron chi connectivity index (χ3n) is 4.32. The van der Waals surface area contributed by atoms with E-state index in [0.29, 0.717) is 12.0 Å². The van der Waals surface area contributed by atoms with Crippen LogP contribution in [0.15, 0.2) is 36.7 Å². The third kappa shape index (κ3) is 2.27. The SMILES string of the molecule is Cn1nnc2ccc(C(=O)N[C@H]3C[C@@H](O)[C@@H]3n3cccn3)cc21. The summed E-state index contributed by atoms with van der Waals surface area (Å²) in [6.45, 7) is 0. The molecule has 118 valence electrons. The van der Waals surface area contributed by atoms with E-state index in [-0.39, 0.29) is 18.0 Å². The molecule has 0 aliphatic heterocycles. The average molecular weight is 312 g/mol. The fourth-order valence-electron chi connectivity index (χ4n) is 3.00. The number of carbonyl (C=O) groups excluding carboxylic acids is 1. The second-order valence-electron chi connectivity index (χ2n) is 5.78. The van der Waals surface area contributed by atoms with Crippen LogP contribution in [-0.4, -0.2) is 47.9 Å². The number of nitrogens with one attached hydrogen (secondary N) is 1. The number of amides is 1. The summed E-state index contributed by atoms with van der Waals surface area (Å²) in [5.41, 5.74) is 2.09. The Morgan fingerprint density at radius 1 is 1.43 bits per heavy atom. The van der Waals surface area contributed by atoms with Crippen LogP contribution in [0, 0.1) is 0 Å². The second kappa shape index (κ2) is 5.17. The zero-order chi connectivity index (χ0) is 16.0. The molecule has 8 nitrogen and oxygen atoms in total. The van der Waals surface area contributed by atoms with Crippen molar-refractivity contribution >= 4 is 16.9 Å². The maximum absolute atomic E-state index is 12.5. The molecule has 0 spiro atoms. The van der Waals surface area contributed by atoms with E-state index < -0.39 is 6.10 Å². The Morgan fingerprint density at radius 3 is 3.04 bits per heavy atom. The summed E-state index contributed by atoms with van der Waals surface area (Å²) in [6, 6.07) is 6.70. The Kier molecular flexibility index (Phi) is 3.12. The van der Waals surface area contributed by atoms with Gasteiger partial charge in [-0.1, -0.05) is 5.21 Å². The van der Waals surface area contributed by atoms with Crippen molar-refractivity contribution in [2.24, 2.45) is 7.05 Å². The summed E-state index contributed by atoms with van der Waals surface area (Å²) < 4.78 is 3.32. The molecule has 2 heterocycles. The van der Waals surface area contributed by atoms with Gasteiger partial charge in [0, 0.05) is 25.0 Å². The van der Waals surface area contributed by atoms with E-state index >= 15 is 0 Å². The van der Waals surface area contributed by atoms with Crippen molar-refractivity contribution in [3.05, 3.63) is 42.2 Å². The van der Waals surface area contributed by atoms with Gasteiger partial charge in [0.1, 0.15) is 5.52 Å². The minimum atomic E-state index is -0.496. The molecule has 23 heavy (non-hydrogen) atoms. The number of rotatable bonds is 3. The Balaban J connectivity index is 1.54. The lowest BCUT2D eigenvalue weighted by atomic mass is 9.83. The van der Waals surface area contributed by atoms with Crippen molar-refractivity contribution in [1.82, 2.24) is 30.1 Å². The number of aryl methyl sites for hydroxylation is 1. The first kappa shape index (κ1) is 13.9. The molecule has 1 aliphatic rings. The lowest BCUT2D eigenvalue weighted by Crippen LogP contribution is -2.56. The molecule has 3 aromatic rings. The molecule has 1 aromatic carbocycles. The quantitative estimate of drug-likeness (QED) is 0.723. The molecule has 4 rings (SSSR count). The van der Waals surface area contributed by atoms with E-state index in [0.717, 1.165) is 11.0 Å². The zero-order valence-electron chi connectivity index (χ0n) is 12.5. The first-order valence-electron chi connectivity index (χ1n) is 7.41. The van der Waals surface area contributed by atoms with E-state index in [9.17, 15) is 9.90 Å². The number of aromatic nitrogens is 5. The van der Waals surface area contributed by atoms with Crippen LogP contribution in [0.2, 0.25) is 0 Å². The van der Waals surface area contributed by atoms with Gasteiger partial charge in [-0.3, -0.25) is 9.48 Å². The molecule has 0 radical (unpaired) electrons. The molecule has 1 aliphatic carbocycles. The van der Waals surface area contributed by atoms with Gasteiger partial charge in [0.15, 0.2) is 0 Å². The van der Waals surface area contributed by atoms with Crippen LogP contribution in [0.25, 0.3) is 11.0 Å². The molecule has 8 heteroatoms. The van der Waals surface area contributed by atoms with E-state index in [1.807, 2.05) is 0 Å². The normalized spacial score (nSPS) is 23.7. The van der Waals surface area contributed by atoms with Gasteiger partial charge in [-0.2, -0.15) is 5.10 Å². The van der Waals surface area contributed by atoms with E-state index in [1.54, 1.807) is 53.1 Å². The van der Waals surface area contributed by atoms with Crippen molar-refractivity contribution < 1.29 is 9.90 Å². The van der Waals surface area contributed by atoms with Crippen LogP contribution in [0.4, 0.5) is 0 Å². The topological polar surface area (TPSA) is 97.9 Å². The van der Waals surface area contributed by atoms with Gasteiger partial charge in [0.2, 0.25) is 0 Å². The summed E-state index contributed by atoms with van der Waals surface area (Å²) in [4.78, 5) is 12.5. The highest BCUT2D eigenvalue weighted by atomic mass is 16.3. The predicted octanol–water partition coefficient (Wildman–Crippen LogP) is 0.269. The molecule has 0 bridgehead atoms. The summed E-state index contributed by atoms with van der Waals surface area (Å²) in [7, 11) is 1.78. The number of hydrogen-bond donors (Lipinski definition) is 2. The Bertz CT molecular complexity index is 856. The van der Waals surface area contributed by atoms with Gasteiger partial charge in [0.25, 0.3) is 5.91 Å². The molecule has 2 N–H and O–H groups in total. The molecule has 2 aromatic heterocycles. The summed E-state index contributed by atoms with van der Waals surface area (Å²) in [6.07, 6.45) is 3.47. The maximum atomic E-state index is 12.5. The lowest BCUT2D eigenvalue weighted by Gasteiger charge is -2.41. The highest BCUT2D eigenvalue weighted by molar-refractivity contribution is 5.97. The molecule has 0 unspecified atom stereocenters. The second-order valence-corrected chi connectivity index (χ2v) is 5.78. The summed E-state index contributed by atoms with van der Waals surface area (Å²) >= 11 is 0. The molecule has 3 atom stereocenters. The van der Waals surface area contributed by atoms with Gasteiger partial charge < -0.3 is 10.4 Å². The van der Waals surface area contributed by atoms with Crippen LogP contribution in [0.5, 0.6) is 0 Å². The molecule has 1 saturated carbocycles. The Labute approximate surface area is 131 Å². The largest absolute Gasteiger partial charge is 0.391 e. The van der Waals surface area contributed by atoms with Crippen molar-refractivity contribution in [2.75, 3.05) is 0 Å². The fourth-order valence-corrected chi connectivity index (χ4v) is 3.00. The average Bonchev–Trinajstić information content (AvgIpc) is 3.17. The number of carbonyl (C=O) groups is 1. The van der Waals surface area contributed by atoms with Crippen LogP contribution in [-0.2, 0) is 7.05 Å². The zero-order valence-corrected chi connectivity index (χ0v) is 12.5. The van der Waals surface area contributed by atoms with Crippen molar-refractivity contribution in [3.63, 3.8) is 0 Å². The predicted molar refractivity (Wildman–Crippen MR) is 81.7 cm³/mol. The Hall–Kier alpha value is -2.74. The first-order valence-corrected chi connectivity index (χ1v) is 7.41. The Morgan fingerprint density at radius 2 is 2.30 bits per heavy atom. The van der Waals surface area contributed by atoms with Gasteiger partial charge >= 0.3 is 0 Å². The van der Waals surface area contributed by atoms with Crippen LogP contribution < -0.4 is 5.32 Å². The van der Waals surface area contributed by atoms with Crippen LogP contribution in [0.3, 0.4) is 0 Å². The van der Waals surface area contributed by atoms with E-state index in [4.69, 9.17) is 0 Å². The summed E-state index contributed by atoms with van der Waals surface area (Å²) in [5, 5.41) is 25.0. The van der Waals surface area contributed by atoms with E-state index in [2.05, 4.69) is 20.7 Å². The maximum Gasteiger partial charge on any atom is 0.251 e. The minimum Gasteiger partial charge on any atom is -0.391 e. The molecule has 1 fully saturated rings. The van der Waals surface area contributed by atoms with Crippen molar-refractivity contribution in [3.8, 4) is 0 Å². The number of benzene rings is 1. The molecular weight excluding hydrogens is 296 g/mol. The molecule has 1 amide bonds.